The Kier molecular flexibility index (Phi) is 4.13. The summed E-state index contributed by atoms with van der Waals surface area (Å²) in [4.78, 5) is 2.21. The zero-order chi connectivity index (χ0) is 13.8. The van der Waals surface area contributed by atoms with Gasteiger partial charge in [-0.15, -0.1) is 10.2 Å². The van der Waals surface area contributed by atoms with Crippen LogP contribution in [-0.4, -0.2) is 41.3 Å². The van der Waals surface area contributed by atoms with Gasteiger partial charge in [-0.25, -0.2) is 0 Å². The molecule has 6 heteroatoms. The quantitative estimate of drug-likeness (QED) is 0.899. The fourth-order valence-electron chi connectivity index (χ4n) is 2.57. The molecule has 1 aliphatic heterocycles. The Morgan fingerprint density at radius 2 is 2.35 bits per heavy atom. The van der Waals surface area contributed by atoms with Crippen molar-refractivity contribution in [1.29, 1.82) is 0 Å². The van der Waals surface area contributed by atoms with Gasteiger partial charge in [0.2, 0.25) is 5.89 Å². The smallest absolute Gasteiger partial charge is 0.283 e. The Morgan fingerprint density at radius 1 is 1.40 bits per heavy atom. The zero-order valence-corrected chi connectivity index (χ0v) is 11.7. The molecule has 108 valence electrons. The summed E-state index contributed by atoms with van der Waals surface area (Å²) in [5, 5.41) is 11.6. The van der Waals surface area contributed by atoms with Crippen LogP contribution in [0.25, 0.3) is 11.7 Å². The van der Waals surface area contributed by atoms with Crippen molar-refractivity contribution < 1.29 is 8.83 Å². The van der Waals surface area contributed by atoms with Crippen molar-refractivity contribution in [2.24, 2.45) is 0 Å². The Labute approximate surface area is 118 Å². The van der Waals surface area contributed by atoms with Crippen LogP contribution in [0, 0.1) is 0 Å². The molecule has 3 rings (SSSR count). The highest BCUT2D eigenvalue weighted by molar-refractivity contribution is 5.42. The minimum atomic E-state index is 0.439. The lowest BCUT2D eigenvalue weighted by Crippen LogP contribution is -2.42. The van der Waals surface area contributed by atoms with Crippen molar-refractivity contribution in [1.82, 2.24) is 20.4 Å². The highest BCUT2D eigenvalue weighted by Crippen LogP contribution is 2.18. The lowest BCUT2D eigenvalue weighted by molar-refractivity contribution is 0.237. The lowest BCUT2D eigenvalue weighted by atomic mass is 10.0. The van der Waals surface area contributed by atoms with Crippen LogP contribution in [0.1, 0.15) is 25.2 Å². The average Bonchev–Trinajstić information content (AvgIpc) is 3.10. The van der Waals surface area contributed by atoms with Crippen molar-refractivity contribution in [3.05, 3.63) is 24.3 Å². The third-order valence-electron chi connectivity index (χ3n) is 3.55. The van der Waals surface area contributed by atoms with Gasteiger partial charge in [0.1, 0.15) is 0 Å². The highest BCUT2D eigenvalue weighted by atomic mass is 16.4. The van der Waals surface area contributed by atoms with Crippen LogP contribution in [-0.2, 0) is 6.54 Å². The second kappa shape index (κ2) is 6.19. The van der Waals surface area contributed by atoms with Gasteiger partial charge in [-0.1, -0.05) is 6.42 Å². The van der Waals surface area contributed by atoms with Crippen LogP contribution < -0.4 is 5.32 Å². The normalized spacial score (nSPS) is 19.6. The summed E-state index contributed by atoms with van der Waals surface area (Å²) in [6.45, 7) is 2.78. The lowest BCUT2D eigenvalue weighted by Gasteiger charge is -2.27. The predicted molar refractivity (Wildman–Crippen MR) is 74.0 cm³/mol. The van der Waals surface area contributed by atoms with E-state index in [0.717, 1.165) is 13.1 Å². The Bertz CT molecular complexity index is 517. The van der Waals surface area contributed by atoms with Crippen LogP contribution in [0.3, 0.4) is 0 Å². The largest absolute Gasteiger partial charge is 0.459 e. The van der Waals surface area contributed by atoms with E-state index in [1.54, 1.807) is 12.3 Å². The van der Waals surface area contributed by atoms with Crippen molar-refractivity contribution >= 4 is 0 Å². The van der Waals surface area contributed by atoms with E-state index < -0.39 is 0 Å². The molecule has 0 amide bonds. The molecule has 0 bridgehead atoms. The van der Waals surface area contributed by atoms with E-state index in [1.807, 2.05) is 6.07 Å². The highest BCUT2D eigenvalue weighted by Gasteiger charge is 2.17. The average molecular weight is 276 g/mol. The Morgan fingerprint density at radius 3 is 3.10 bits per heavy atom. The molecule has 0 aromatic carbocycles. The molecule has 1 atom stereocenters. The first-order valence-corrected chi connectivity index (χ1v) is 7.09. The topological polar surface area (TPSA) is 67.3 Å². The fraction of sp³-hybridized carbons (Fsp3) is 0.571. The van der Waals surface area contributed by atoms with Gasteiger partial charge in [0.25, 0.3) is 5.89 Å². The molecule has 2 aromatic heterocycles. The SMILES string of the molecule is CN(Cc1nnc(-c2ccco2)o1)CC1CCCCN1. The van der Waals surface area contributed by atoms with Crippen LogP contribution in [0.5, 0.6) is 0 Å². The van der Waals surface area contributed by atoms with E-state index in [0.29, 0.717) is 30.1 Å². The number of rotatable bonds is 5. The van der Waals surface area contributed by atoms with Crippen molar-refractivity contribution in [2.45, 2.75) is 31.8 Å². The molecule has 1 unspecified atom stereocenters. The monoisotopic (exact) mass is 276 g/mol. The third kappa shape index (κ3) is 3.26. The number of hydrogen-bond donors (Lipinski definition) is 1. The summed E-state index contributed by atoms with van der Waals surface area (Å²) >= 11 is 0. The second-order valence-electron chi connectivity index (χ2n) is 5.32. The number of aromatic nitrogens is 2. The first-order valence-electron chi connectivity index (χ1n) is 7.09. The van der Waals surface area contributed by atoms with Crippen molar-refractivity contribution in [3.63, 3.8) is 0 Å². The van der Waals surface area contributed by atoms with Gasteiger partial charge >= 0.3 is 0 Å². The Balaban J connectivity index is 1.54. The molecule has 20 heavy (non-hydrogen) atoms. The second-order valence-corrected chi connectivity index (χ2v) is 5.32. The van der Waals surface area contributed by atoms with Gasteiger partial charge in [0.15, 0.2) is 5.76 Å². The Hall–Kier alpha value is -1.66. The van der Waals surface area contributed by atoms with E-state index in [9.17, 15) is 0 Å². The molecular formula is C14H20N4O2. The van der Waals surface area contributed by atoms with Gasteiger partial charge in [0, 0.05) is 12.6 Å². The van der Waals surface area contributed by atoms with Gasteiger partial charge in [-0.05, 0) is 38.6 Å². The molecule has 2 aromatic rings. The van der Waals surface area contributed by atoms with Gasteiger partial charge in [0.05, 0.1) is 12.8 Å². The van der Waals surface area contributed by atoms with Gasteiger partial charge in [-0.2, -0.15) is 0 Å². The molecule has 1 N–H and O–H groups in total. The number of nitrogens with one attached hydrogen (secondary N) is 1. The summed E-state index contributed by atoms with van der Waals surface area (Å²) in [5.41, 5.74) is 0. The molecule has 0 aliphatic carbocycles. The minimum absolute atomic E-state index is 0.439. The zero-order valence-electron chi connectivity index (χ0n) is 11.7. The van der Waals surface area contributed by atoms with Crippen molar-refractivity contribution in [3.8, 4) is 11.7 Å². The van der Waals surface area contributed by atoms with Gasteiger partial charge < -0.3 is 14.2 Å². The summed E-state index contributed by atoms with van der Waals surface area (Å²) in [6, 6.07) is 4.19. The maximum Gasteiger partial charge on any atom is 0.283 e. The molecule has 0 spiro atoms. The number of hydrogen-bond acceptors (Lipinski definition) is 6. The summed E-state index contributed by atoms with van der Waals surface area (Å²) < 4.78 is 10.8. The van der Waals surface area contributed by atoms with E-state index in [-0.39, 0.29) is 0 Å². The van der Waals surface area contributed by atoms with Crippen LogP contribution >= 0.6 is 0 Å². The summed E-state index contributed by atoms with van der Waals surface area (Å²) in [6.07, 6.45) is 5.44. The van der Waals surface area contributed by atoms with E-state index in [2.05, 4.69) is 27.5 Å². The molecule has 1 fully saturated rings. The fourth-order valence-corrected chi connectivity index (χ4v) is 2.57. The molecule has 0 saturated carbocycles. The number of likely N-dealkylation sites (N-methyl/N-ethyl adjacent to an activating group) is 1. The minimum Gasteiger partial charge on any atom is -0.459 e. The van der Waals surface area contributed by atoms with Crippen molar-refractivity contribution in [2.75, 3.05) is 20.1 Å². The van der Waals surface area contributed by atoms with E-state index in [4.69, 9.17) is 8.83 Å². The summed E-state index contributed by atoms with van der Waals surface area (Å²) in [5.74, 6) is 1.67. The molecule has 1 saturated heterocycles. The maximum atomic E-state index is 5.61. The first-order chi connectivity index (χ1) is 9.81. The number of piperidine rings is 1. The molecule has 1 aliphatic rings. The van der Waals surface area contributed by atoms with E-state index in [1.165, 1.54) is 19.3 Å². The van der Waals surface area contributed by atoms with Crippen LogP contribution in [0.4, 0.5) is 0 Å². The molecule has 6 nitrogen and oxygen atoms in total. The predicted octanol–water partition coefficient (Wildman–Crippen LogP) is 1.90. The first kappa shape index (κ1) is 13.3. The number of furan rings is 1. The standard InChI is InChI=1S/C14H20N4O2/c1-18(9-11-5-2-3-7-15-11)10-13-16-17-14(20-13)12-6-4-8-19-12/h4,6,8,11,15H,2-3,5,7,9-10H2,1H3. The third-order valence-corrected chi connectivity index (χ3v) is 3.55. The van der Waals surface area contributed by atoms with E-state index >= 15 is 0 Å². The van der Waals surface area contributed by atoms with Crippen LogP contribution in [0.2, 0.25) is 0 Å². The molecular weight excluding hydrogens is 256 g/mol. The maximum absolute atomic E-state index is 5.61. The summed E-state index contributed by atoms with van der Waals surface area (Å²) in [7, 11) is 2.08. The van der Waals surface area contributed by atoms with Gasteiger partial charge in [-0.3, -0.25) is 4.90 Å². The number of nitrogens with zero attached hydrogens (tertiary/aromatic N) is 3. The van der Waals surface area contributed by atoms with Crippen LogP contribution in [0.15, 0.2) is 27.2 Å². The molecule has 0 radical (unpaired) electrons. The molecule has 3 heterocycles.